The molecule has 3 heteroatoms. The Morgan fingerprint density at radius 1 is 1.33 bits per heavy atom. The Labute approximate surface area is 113 Å². The van der Waals surface area contributed by atoms with Crippen LogP contribution in [-0.4, -0.2) is 29.8 Å². The summed E-state index contributed by atoms with van der Waals surface area (Å²) in [5.41, 5.74) is 6.16. The van der Waals surface area contributed by atoms with Crippen molar-refractivity contribution in [3.8, 4) is 0 Å². The molecule has 0 aliphatic heterocycles. The van der Waals surface area contributed by atoms with Crippen LogP contribution in [0.15, 0.2) is 0 Å². The number of nitrogens with two attached hydrogens (primary N) is 1. The van der Waals surface area contributed by atoms with Crippen LogP contribution < -0.4 is 11.1 Å². The van der Waals surface area contributed by atoms with Crippen LogP contribution in [0.1, 0.15) is 59.3 Å². The van der Waals surface area contributed by atoms with Crippen molar-refractivity contribution in [1.82, 2.24) is 5.32 Å². The van der Waals surface area contributed by atoms with Gasteiger partial charge in [-0.05, 0) is 50.4 Å². The average molecular weight is 256 g/mol. The molecule has 3 nitrogen and oxygen atoms in total. The first-order valence-electron chi connectivity index (χ1n) is 7.65. The van der Waals surface area contributed by atoms with Crippen LogP contribution in [0.25, 0.3) is 0 Å². The van der Waals surface area contributed by atoms with E-state index in [0.717, 1.165) is 31.2 Å². The Morgan fingerprint density at radius 3 is 2.33 bits per heavy atom. The van der Waals surface area contributed by atoms with Crippen molar-refractivity contribution in [3.05, 3.63) is 0 Å². The first-order valence-corrected chi connectivity index (χ1v) is 7.65. The maximum absolute atomic E-state index is 9.10. The molecule has 1 atom stereocenters. The van der Waals surface area contributed by atoms with Crippen molar-refractivity contribution in [3.63, 3.8) is 0 Å². The summed E-state index contributed by atoms with van der Waals surface area (Å²) >= 11 is 0. The lowest BCUT2D eigenvalue weighted by atomic mass is 9.72. The zero-order chi connectivity index (χ0) is 13.6. The highest BCUT2D eigenvalue weighted by Gasteiger charge is 2.35. The number of hydrogen-bond acceptors (Lipinski definition) is 3. The highest BCUT2D eigenvalue weighted by molar-refractivity contribution is 4.96. The third kappa shape index (κ3) is 4.22. The van der Waals surface area contributed by atoms with E-state index in [1.165, 1.54) is 25.7 Å². The molecular weight excluding hydrogens is 224 g/mol. The van der Waals surface area contributed by atoms with E-state index in [1.54, 1.807) is 0 Å². The molecule has 1 fully saturated rings. The fourth-order valence-electron chi connectivity index (χ4n) is 3.23. The second-order valence-corrected chi connectivity index (χ2v) is 6.33. The lowest BCUT2D eigenvalue weighted by Crippen LogP contribution is -2.57. The van der Waals surface area contributed by atoms with E-state index in [-0.39, 0.29) is 12.1 Å². The van der Waals surface area contributed by atoms with Crippen molar-refractivity contribution >= 4 is 0 Å². The molecule has 18 heavy (non-hydrogen) atoms. The van der Waals surface area contributed by atoms with Crippen LogP contribution in [0.2, 0.25) is 0 Å². The minimum absolute atomic E-state index is 0.126. The lowest BCUT2D eigenvalue weighted by Gasteiger charge is -2.43. The Bertz CT molecular complexity index is 223. The quantitative estimate of drug-likeness (QED) is 0.655. The summed E-state index contributed by atoms with van der Waals surface area (Å²) < 4.78 is 0. The van der Waals surface area contributed by atoms with Gasteiger partial charge in [-0.1, -0.05) is 20.8 Å². The molecule has 1 aliphatic rings. The van der Waals surface area contributed by atoms with Crippen molar-refractivity contribution in [1.29, 1.82) is 0 Å². The molecule has 1 rings (SSSR count). The van der Waals surface area contributed by atoms with E-state index < -0.39 is 0 Å². The van der Waals surface area contributed by atoms with Gasteiger partial charge in [0.15, 0.2) is 0 Å². The van der Waals surface area contributed by atoms with E-state index >= 15 is 0 Å². The summed E-state index contributed by atoms with van der Waals surface area (Å²) in [5, 5.41) is 12.8. The number of nitrogens with one attached hydrogen (secondary N) is 1. The number of rotatable bonds is 7. The summed E-state index contributed by atoms with van der Waals surface area (Å²) in [6.07, 6.45) is 6.86. The summed E-state index contributed by atoms with van der Waals surface area (Å²) in [5.74, 6) is 1.66. The molecule has 0 bridgehead atoms. The van der Waals surface area contributed by atoms with E-state index in [0.29, 0.717) is 6.04 Å². The number of aliphatic hydroxyl groups is 1. The fourth-order valence-corrected chi connectivity index (χ4v) is 3.23. The molecule has 0 aromatic carbocycles. The van der Waals surface area contributed by atoms with Gasteiger partial charge in [0.1, 0.15) is 0 Å². The van der Waals surface area contributed by atoms with E-state index in [9.17, 15) is 0 Å². The molecule has 4 N–H and O–H groups in total. The van der Waals surface area contributed by atoms with Gasteiger partial charge in [0.05, 0.1) is 0 Å². The molecule has 1 unspecified atom stereocenters. The molecular formula is C15H32N2O. The molecule has 1 saturated carbocycles. The summed E-state index contributed by atoms with van der Waals surface area (Å²) in [7, 11) is 0. The predicted octanol–water partition coefficient (Wildman–Crippen LogP) is 2.28. The van der Waals surface area contributed by atoms with Crippen LogP contribution in [0.5, 0.6) is 0 Å². The van der Waals surface area contributed by atoms with Gasteiger partial charge in [-0.15, -0.1) is 0 Å². The second kappa shape index (κ2) is 7.46. The molecule has 0 amide bonds. The monoisotopic (exact) mass is 256 g/mol. The Kier molecular flexibility index (Phi) is 6.61. The topological polar surface area (TPSA) is 58.3 Å². The third-order valence-electron chi connectivity index (χ3n) is 4.80. The standard InChI is InChI=1S/C15H32N2O/c1-4-14(7-10-18)17-15(11-16)8-5-13(6-9-15)12(2)3/h12-14,17-18H,4-11,16H2,1-3H3. The zero-order valence-electron chi connectivity index (χ0n) is 12.4. The Balaban J connectivity index is 2.54. The van der Waals surface area contributed by atoms with Gasteiger partial charge in [-0.2, -0.15) is 0 Å². The van der Waals surface area contributed by atoms with Gasteiger partial charge >= 0.3 is 0 Å². The predicted molar refractivity (Wildman–Crippen MR) is 77.5 cm³/mol. The minimum Gasteiger partial charge on any atom is -0.396 e. The molecule has 0 heterocycles. The van der Waals surface area contributed by atoms with Gasteiger partial charge in [0.2, 0.25) is 0 Å². The largest absolute Gasteiger partial charge is 0.396 e. The third-order valence-corrected chi connectivity index (χ3v) is 4.80. The summed E-state index contributed by atoms with van der Waals surface area (Å²) in [4.78, 5) is 0. The molecule has 0 aromatic heterocycles. The van der Waals surface area contributed by atoms with Crippen molar-refractivity contribution in [2.24, 2.45) is 17.6 Å². The first kappa shape index (κ1) is 15.9. The average Bonchev–Trinajstić information content (AvgIpc) is 2.38. The van der Waals surface area contributed by atoms with Gasteiger partial charge < -0.3 is 16.2 Å². The van der Waals surface area contributed by atoms with Gasteiger partial charge in [0.25, 0.3) is 0 Å². The second-order valence-electron chi connectivity index (χ2n) is 6.33. The van der Waals surface area contributed by atoms with E-state index in [2.05, 4.69) is 26.1 Å². The normalized spacial score (nSPS) is 30.7. The summed E-state index contributed by atoms with van der Waals surface area (Å²) in [6.45, 7) is 7.82. The van der Waals surface area contributed by atoms with E-state index in [1.807, 2.05) is 0 Å². The zero-order valence-corrected chi connectivity index (χ0v) is 12.4. The van der Waals surface area contributed by atoms with Crippen LogP contribution in [-0.2, 0) is 0 Å². The lowest BCUT2D eigenvalue weighted by molar-refractivity contribution is 0.142. The fraction of sp³-hybridized carbons (Fsp3) is 1.00. The Morgan fingerprint density at radius 2 is 1.94 bits per heavy atom. The van der Waals surface area contributed by atoms with Gasteiger partial charge in [-0.3, -0.25) is 0 Å². The highest BCUT2D eigenvalue weighted by Crippen LogP contribution is 2.35. The van der Waals surface area contributed by atoms with Crippen molar-refractivity contribution in [2.45, 2.75) is 70.9 Å². The number of aliphatic hydroxyl groups excluding tert-OH is 1. The Hall–Kier alpha value is -0.120. The molecule has 0 aromatic rings. The van der Waals surface area contributed by atoms with Crippen LogP contribution in [0.3, 0.4) is 0 Å². The highest BCUT2D eigenvalue weighted by atomic mass is 16.3. The van der Waals surface area contributed by atoms with Crippen molar-refractivity contribution < 1.29 is 5.11 Å². The van der Waals surface area contributed by atoms with Gasteiger partial charge in [0, 0.05) is 24.7 Å². The maximum atomic E-state index is 9.10. The molecule has 108 valence electrons. The van der Waals surface area contributed by atoms with Crippen LogP contribution in [0.4, 0.5) is 0 Å². The first-order chi connectivity index (χ1) is 8.56. The van der Waals surface area contributed by atoms with Crippen molar-refractivity contribution in [2.75, 3.05) is 13.2 Å². The summed E-state index contributed by atoms with van der Waals surface area (Å²) in [6, 6.07) is 0.411. The SMILES string of the molecule is CCC(CCO)NC1(CN)CCC(C(C)C)CC1. The molecule has 0 spiro atoms. The van der Waals surface area contributed by atoms with Gasteiger partial charge in [-0.25, -0.2) is 0 Å². The molecule has 0 radical (unpaired) electrons. The van der Waals surface area contributed by atoms with Crippen LogP contribution >= 0.6 is 0 Å². The maximum Gasteiger partial charge on any atom is 0.0445 e. The minimum atomic E-state index is 0.126. The molecule has 0 saturated heterocycles. The van der Waals surface area contributed by atoms with Crippen LogP contribution in [0, 0.1) is 11.8 Å². The number of hydrogen-bond donors (Lipinski definition) is 3. The van der Waals surface area contributed by atoms with E-state index in [4.69, 9.17) is 10.8 Å². The molecule has 1 aliphatic carbocycles. The smallest absolute Gasteiger partial charge is 0.0445 e.